The highest BCUT2D eigenvalue weighted by molar-refractivity contribution is 6.15. The van der Waals surface area contributed by atoms with Crippen molar-refractivity contribution in [2.75, 3.05) is 36.9 Å². The number of hydrogen-bond donors (Lipinski definition) is 2. The minimum atomic E-state index is -0.502. The van der Waals surface area contributed by atoms with Gasteiger partial charge in [-0.3, -0.25) is 5.41 Å². The molecule has 0 saturated carbocycles. The van der Waals surface area contributed by atoms with Crippen molar-refractivity contribution in [1.82, 2.24) is 9.88 Å². The maximum Gasteiger partial charge on any atom is 0.410 e. The number of nitrogens with zero attached hydrogens (tertiary/aromatic N) is 3. The number of aromatic nitrogens is 1. The van der Waals surface area contributed by atoms with Gasteiger partial charge in [-0.1, -0.05) is 68.1 Å². The van der Waals surface area contributed by atoms with Crippen molar-refractivity contribution >= 4 is 23.2 Å². The van der Waals surface area contributed by atoms with E-state index in [9.17, 15) is 10.2 Å². The van der Waals surface area contributed by atoms with E-state index in [1.807, 2.05) is 106 Å². The largest absolute Gasteiger partial charge is 0.473 e. The second-order valence-electron chi connectivity index (χ2n) is 14.9. The summed E-state index contributed by atoms with van der Waals surface area (Å²) in [5.74, 6) is 0.785. The Morgan fingerprint density at radius 2 is 1.44 bits per heavy atom. The summed E-state index contributed by atoms with van der Waals surface area (Å²) in [6, 6.07) is 29.9. The van der Waals surface area contributed by atoms with E-state index >= 15 is 0 Å². The van der Waals surface area contributed by atoms with Gasteiger partial charge in [0.1, 0.15) is 18.8 Å². The third kappa shape index (κ3) is 10.5. The molecule has 2 aliphatic heterocycles. The molecular weight excluding hydrogens is 679 g/mol. The molecule has 1 unspecified atom stereocenters. The fourth-order valence-corrected chi connectivity index (χ4v) is 6.93. The zero-order valence-electron chi connectivity index (χ0n) is 31.6. The van der Waals surface area contributed by atoms with E-state index in [0.717, 1.165) is 66.8 Å². The summed E-state index contributed by atoms with van der Waals surface area (Å²) in [4.78, 5) is 21.6. The Morgan fingerprint density at radius 1 is 0.833 bits per heavy atom. The number of amides is 1. The van der Waals surface area contributed by atoms with Gasteiger partial charge in [-0.15, -0.1) is 0 Å². The Bertz CT molecular complexity index is 1820. The SMILES string of the molecule is C.CNc1cc(N2CCC(OC3CCN(C(=O)OC(C)(C)C)[C@@H](C)C3)CC2)ccc1C(=N)c1ccc(OCc2ccccc2)nc1OCc1ccccc1. The van der Waals surface area contributed by atoms with Crippen LogP contribution in [0.25, 0.3) is 0 Å². The molecule has 3 aromatic carbocycles. The summed E-state index contributed by atoms with van der Waals surface area (Å²) in [6.07, 6.45) is 3.58. The Balaban J connectivity index is 0.00000561. The molecule has 2 aliphatic rings. The summed E-state index contributed by atoms with van der Waals surface area (Å²) in [7, 11) is 1.89. The molecule has 2 atom stereocenters. The number of carbonyl (C=O) groups is 1. The first-order valence-corrected chi connectivity index (χ1v) is 18.7. The molecule has 10 nitrogen and oxygen atoms in total. The van der Waals surface area contributed by atoms with Crippen molar-refractivity contribution in [2.24, 2.45) is 0 Å². The first-order valence-electron chi connectivity index (χ1n) is 18.7. The molecule has 2 saturated heterocycles. The quantitative estimate of drug-likeness (QED) is 0.139. The fourth-order valence-electron chi connectivity index (χ4n) is 6.93. The molecule has 0 spiro atoms. The van der Waals surface area contributed by atoms with Crippen molar-refractivity contribution in [3.8, 4) is 11.8 Å². The fraction of sp³-hybridized carbons (Fsp3) is 0.432. The van der Waals surface area contributed by atoms with Crippen LogP contribution >= 0.6 is 0 Å². The van der Waals surface area contributed by atoms with Gasteiger partial charge < -0.3 is 34.1 Å². The zero-order chi connectivity index (χ0) is 37.4. The van der Waals surface area contributed by atoms with Gasteiger partial charge in [-0.05, 0) is 88.8 Å². The predicted molar refractivity (Wildman–Crippen MR) is 216 cm³/mol. The molecule has 6 rings (SSSR count). The molecule has 1 amide bonds. The Kier molecular flexibility index (Phi) is 13.6. The van der Waals surface area contributed by atoms with Gasteiger partial charge in [0.15, 0.2) is 0 Å². The molecule has 4 aromatic rings. The standard InChI is InChI=1S/C43H53N5O5.CH4/c1-30-26-35(22-25-48(30)42(49)53-43(2,3)4)52-34-20-23-47(24-21-34)33-16-17-36(38(27-33)45-5)40(44)37-18-19-39(50-28-31-12-8-6-9-13-31)46-41(37)51-29-32-14-10-7-11-15-32;/h6-19,27,30,34-35,44-45H,20-26,28-29H2,1-5H3;1H4/t30-,35?;/m0./s1. The number of rotatable bonds is 12. The van der Waals surface area contributed by atoms with Crippen LogP contribution in [0, 0.1) is 5.41 Å². The predicted octanol–water partition coefficient (Wildman–Crippen LogP) is 9.11. The van der Waals surface area contributed by atoms with E-state index in [-0.39, 0.29) is 31.8 Å². The Labute approximate surface area is 321 Å². The van der Waals surface area contributed by atoms with E-state index in [4.69, 9.17) is 23.9 Å². The van der Waals surface area contributed by atoms with Gasteiger partial charge in [0.05, 0.1) is 23.5 Å². The molecule has 0 bridgehead atoms. The third-order valence-corrected chi connectivity index (χ3v) is 9.74. The second kappa shape index (κ2) is 18.3. The van der Waals surface area contributed by atoms with Crippen molar-refractivity contribution in [3.05, 3.63) is 113 Å². The highest BCUT2D eigenvalue weighted by Gasteiger charge is 2.34. The summed E-state index contributed by atoms with van der Waals surface area (Å²) in [6.45, 7) is 10.9. The first kappa shape index (κ1) is 40.1. The highest BCUT2D eigenvalue weighted by atomic mass is 16.6. The normalized spacial score (nSPS) is 17.6. The van der Waals surface area contributed by atoms with E-state index in [2.05, 4.69) is 29.3 Å². The monoisotopic (exact) mass is 735 g/mol. The van der Waals surface area contributed by atoms with Crippen molar-refractivity contribution < 1.29 is 23.7 Å². The molecule has 2 fully saturated rings. The number of benzene rings is 3. The summed E-state index contributed by atoms with van der Waals surface area (Å²) < 4.78 is 24.5. The Hall–Kier alpha value is -5.09. The minimum Gasteiger partial charge on any atom is -0.473 e. The molecule has 0 radical (unpaired) electrons. The summed E-state index contributed by atoms with van der Waals surface area (Å²) in [5, 5.41) is 12.7. The maximum atomic E-state index is 12.7. The molecule has 10 heteroatoms. The van der Waals surface area contributed by atoms with Crippen LogP contribution in [0.1, 0.15) is 83.1 Å². The lowest BCUT2D eigenvalue weighted by atomic mass is 9.99. The van der Waals surface area contributed by atoms with Crippen LogP contribution in [0.4, 0.5) is 16.2 Å². The average molecular weight is 736 g/mol. The lowest BCUT2D eigenvalue weighted by Crippen LogP contribution is -2.49. The van der Waals surface area contributed by atoms with Crippen molar-refractivity contribution in [2.45, 2.75) is 97.9 Å². The van der Waals surface area contributed by atoms with E-state index in [1.54, 1.807) is 6.07 Å². The van der Waals surface area contributed by atoms with Gasteiger partial charge in [0.25, 0.3) is 0 Å². The highest BCUT2D eigenvalue weighted by Crippen LogP contribution is 2.32. The maximum absolute atomic E-state index is 12.7. The number of pyridine rings is 1. The van der Waals surface area contributed by atoms with Crippen molar-refractivity contribution in [3.63, 3.8) is 0 Å². The number of carbonyl (C=O) groups excluding carboxylic acids is 1. The molecule has 1 aromatic heterocycles. The molecule has 288 valence electrons. The van der Waals surface area contributed by atoms with Crippen LogP contribution in [0.3, 0.4) is 0 Å². The van der Waals surface area contributed by atoms with Crippen molar-refractivity contribution in [1.29, 1.82) is 5.41 Å². The molecular formula is C44H57N5O5. The van der Waals surface area contributed by atoms with Crippen LogP contribution in [0.15, 0.2) is 91.0 Å². The smallest absolute Gasteiger partial charge is 0.410 e. The van der Waals surface area contributed by atoms with Crippen LogP contribution in [-0.2, 0) is 22.7 Å². The lowest BCUT2D eigenvalue weighted by molar-refractivity contribution is -0.0651. The number of nitrogens with one attached hydrogen (secondary N) is 2. The van der Waals surface area contributed by atoms with Crippen LogP contribution < -0.4 is 19.7 Å². The van der Waals surface area contributed by atoms with Gasteiger partial charge in [-0.25, -0.2) is 4.79 Å². The van der Waals surface area contributed by atoms with Crippen LogP contribution in [0.2, 0.25) is 0 Å². The van der Waals surface area contributed by atoms with Gasteiger partial charge in [0.2, 0.25) is 11.8 Å². The van der Waals surface area contributed by atoms with Gasteiger partial charge in [0, 0.05) is 55.7 Å². The summed E-state index contributed by atoms with van der Waals surface area (Å²) >= 11 is 0. The third-order valence-electron chi connectivity index (χ3n) is 9.74. The minimum absolute atomic E-state index is 0. The number of anilines is 2. The molecule has 2 N–H and O–H groups in total. The number of ether oxygens (including phenoxy) is 4. The first-order chi connectivity index (χ1) is 25.6. The second-order valence-corrected chi connectivity index (χ2v) is 14.9. The van der Waals surface area contributed by atoms with E-state index in [0.29, 0.717) is 42.8 Å². The lowest BCUT2D eigenvalue weighted by Gasteiger charge is -2.41. The van der Waals surface area contributed by atoms with E-state index < -0.39 is 5.60 Å². The number of likely N-dealkylation sites (tertiary alicyclic amines) is 1. The molecule has 3 heterocycles. The number of hydrogen-bond acceptors (Lipinski definition) is 9. The van der Waals surface area contributed by atoms with Crippen LogP contribution in [-0.4, -0.2) is 72.2 Å². The Morgan fingerprint density at radius 3 is 2.06 bits per heavy atom. The van der Waals surface area contributed by atoms with Gasteiger partial charge in [-0.2, -0.15) is 4.98 Å². The topological polar surface area (TPSA) is 109 Å². The average Bonchev–Trinajstić information content (AvgIpc) is 3.16. The molecule has 54 heavy (non-hydrogen) atoms. The van der Waals surface area contributed by atoms with E-state index in [1.165, 1.54) is 0 Å². The zero-order valence-corrected chi connectivity index (χ0v) is 31.6. The molecule has 0 aliphatic carbocycles. The van der Waals surface area contributed by atoms with Crippen LogP contribution in [0.5, 0.6) is 11.8 Å². The number of piperidine rings is 2. The van der Waals surface area contributed by atoms with Gasteiger partial charge >= 0.3 is 6.09 Å². The summed E-state index contributed by atoms with van der Waals surface area (Å²) in [5.41, 5.74) is 5.16.